The lowest BCUT2D eigenvalue weighted by atomic mass is 10.3. The summed E-state index contributed by atoms with van der Waals surface area (Å²) >= 11 is 11.0. The van der Waals surface area contributed by atoms with Crippen LogP contribution in [0.15, 0.2) is 28.2 Å². The molecule has 0 aliphatic heterocycles. The first-order valence-electron chi connectivity index (χ1n) is 4.75. The van der Waals surface area contributed by atoms with E-state index in [0.717, 1.165) is 12.2 Å². The Balaban J connectivity index is 1.99. The van der Waals surface area contributed by atoms with E-state index >= 15 is 0 Å². The molecule has 2 rings (SSSR count). The largest absolute Gasteiger partial charge is 0.379 e. The number of nitrogens with zero attached hydrogens (tertiary/aromatic N) is 1. The quantitative estimate of drug-likeness (QED) is 0.844. The fourth-order valence-electron chi connectivity index (χ4n) is 1.28. The third-order valence-corrected chi connectivity index (χ3v) is 4.46. The Labute approximate surface area is 112 Å². The number of halogens is 2. The number of anilines is 1. The van der Waals surface area contributed by atoms with Gasteiger partial charge in [-0.05, 0) is 46.6 Å². The fourth-order valence-corrected chi connectivity index (χ4v) is 2.96. The molecule has 2 aromatic rings. The first-order chi connectivity index (χ1) is 7.65. The highest BCUT2D eigenvalue weighted by molar-refractivity contribution is 9.11. The lowest BCUT2D eigenvalue weighted by Crippen LogP contribution is -1.97. The van der Waals surface area contributed by atoms with E-state index in [1.165, 1.54) is 14.2 Å². The lowest BCUT2D eigenvalue weighted by Gasteiger charge is -2.03. The Kier molecular flexibility index (Phi) is 3.84. The van der Waals surface area contributed by atoms with Crippen molar-refractivity contribution in [3.05, 3.63) is 43.8 Å². The van der Waals surface area contributed by atoms with Crippen molar-refractivity contribution < 1.29 is 0 Å². The molecule has 0 amide bonds. The average molecular weight is 318 g/mol. The summed E-state index contributed by atoms with van der Waals surface area (Å²) in [7, 11) is 0. The Morgan fingerprint density at radius 3 is 2.88 bits per heavy atom. The minimum Gasteiger partial charge on any atom is -0.379 e. The Hall–Kier alpha value is -0.580. The van der Waals surface area contributed by atoms with Gasteiger partial charge < -0.3 is 5.32 Å². The molecule has 2 aromatic heterocycles. The second-order valence-corrected chi connectivity index (χ2v) is 6.23. The predicted molar refractivity (Wildman–Crippen MR) is 73.3 cm³/mol. The van der Waals surface area contributed by atoms with Gasteiger partial charge in [-0.25, -0.2) is 4.98 Å². The van der Waals surface area contributed by atoms with E-state index in [1.807, 2.05) is 6.07 Å². The van der Waals surface area contributed by atoms with Crippen LogP contribution in [0.3, 0.4) is 0 Å². The molecule has 84 valence electrons. The SMILES string of the molecule is Cc1cc(CNc2ccc(Cl)nc2)sc1Br. The van der Waals surface area contributed by atoms with Crippen LogP contribution in [0, 0.1) is 6.92 Å². The summed E-state index contributed by atoms with van der Waals surface area (Å²) in [5.41, 5.74) is 2.25. The molecule has 0 saturated heterocycles. The number of nitrogens with one attached hydrogen (secondary N) is 1. The third-order valence-electron chi connectivity index (χ3n) is 2.10. The molecular weight excluding hydrogens is 308 g/mol. The van der Waals surface area contributed by atoms with Crippen LogP contribution in [0.2, 0.25) is 5.15 Å². The smallest absolute Gasteiger partial charge is 0.129 e. The maximum atomic E-state index is 5.71. The highest BCUT2D eigenvalue weighted by Gasteiger charge is 2.02. The van der Waals surface area contributed by atoms with Crippen molar-refractivity contribution in [2.45, 2.75) is 13.5 Å². The predicted octanol–water partition coefficient (Wildman–Crippen LogP) is 4.48. The van der Waals surface area contributed by atoms with Crippen LogP contribution in [0.4, 0.5) is 5.69 Å². The summed E-state index contributed by atoms with van der Waals surface area (Å²) in [5, 5.41) is 3.81. The zero-order valence-electron chi connectivity index (χ0n) is 8.63. The van der Waals surface area contributed by atoms with Crippen molar-refractivity contribution in [2.24, 2.45) is 0 Å². The van der Waals surface area contributed by atoms with Crippen molar-refractivity contribution in [3.63, 3.8) is 0 Å². The monoisotopic (exact) mass is 316 g/mol. The summed E-state index contributed by atoms with van der Waals surface area (Å²) in [6.07, 6.45) is 1.73. The van der Waals surface area contributed by atoms with Gasteiger partial charge in [0.05, 0.1) is 15.7 Å². The van der Waals surface area contributed by atoms with E-state index in [1.54, 1.807) is 23.6 Å². The van der Waals surface area contributed by atoms with E-state index in [9.17, 15) is 0 Å². The van der Waals surface area contributed by atoms with Crippen LogP contribution in [-0.2, 0) is 6.54 Å². The molecule has 0 aromatic carbocycles. The Morgan fingerprint density at radius 2 is 2.31 bits per heavy atom. The van der Waals surface area contributed by atoms with Gasteiger partial charge in [0.1, 0.15) is 5.15 Å². The van der Waals surface area contributed by atoms with Crippen molar-refractivity contribution in [1.82, 2.24) is 4.98 Å². The Morgan fingerprint density at radius 1 is 1.50 bits per heavy atom. The van der Waals surface area contributed by atoms with Crippen molar-refractivity contribution in [3.8, 4) is 0 Å². The maximum absolute atomic E-state index is 5.71. The lowest BCUT2D eigenvalue weighted by molar-refractivity contribution is 1.17. The molecule has 2 heterocycles. The van der Waals surface area contributed by atoms with Crippen molar-refractivity contribution in [2.75, 3.05) is 5.32 Å². The van der Waals surface area contributed by atoms with Gasteiger partial charge in [0.15, 0.2) is 0 Å². The van der Waals surface area contributed by atoms with Crippen LogP contribution in [-0.4, -0.2) is 4.98 Å². The van der Waals surface area contributed by atoms with Crippen LogP contribution in [0.1, 0.15) is 10.4 Å². The van der Waals surface area contributed by atoms with E-state index in [0.29, 0.717) is 5.15 Å². The second kappa shape index (κ2) is 5.17. The van der Waals surface area contributed by atoms with Crippen LogP contribution in [0.25, 0.3) is 0 Å². The number of thiophene rings is 1. The van der Waals surface area contributed by atoms with Gasteiger partial charge in [0.2, 0.25) is 0 Å². The number of aryl methyl sites for hydroxylation is 1. The number of rotatable bonds is 3. The molecule has 0 spiro atoms. The van der Waals surface area contributed by atoms with Crippen molar-refractivity contribution in [1.29, 1.82) is 0 Å². The van der Waals surface area contributed by atoms with Crippen LogP contribution < -0.4 is 5.32 Å². The highest BCUT2D eigenvalue weighted by Crippen LogP contribution is 2.27. The number of hydrogen-bond acceptors (Lipinski definition) is 3. The molecule has 16 heavy (non-hydrogen) atoms. The highest BCUT2D eigenvalue weighted by atomic mass is 79.9. The van der Waals surface area contributed by atoms with Crippen LogP contribution >= 0.6 is 38.9 Å². The summed E-state index contributed by atoms with van der Waals surface area (Å²) in [6, 6.07) is 5.87. The van der Waals surface area contributed by atoms with Gasteiger partial charge in [0.25, 0.3) is 0 Å². The zero-order chi connectivity index (χ0) is 11.5. The standard InChI is InChI=1S/C11H10BrClN2S/c1-7-4-9(16-11(7)12)6-14-8-2-3-10(13)15-5-8/h2-5,14H,6H2,1H3. The molecule has 0 radical (unpaired) electrons. The molecule has 0 aliphatic carbocycles. The zero-order valence-corrected chi connectivity index (χ0v) is 11.8. The minimum atomic E-state index is 0.514. The summed E-state index contributed by atoms with van der Waals surface area (Å²) in [5.74, 6) is 0. The number of pyridine rings is 1. The first-order valence-corrected chi connectivity index (χ1v) is 6.74. The topological polar surface area (TPSA) is 24.9 Å². The fraction of sp³-hybridized carbons (Fsp3) is 0.182. The van der Waals surface area contributed by atoms with Gasteiger partial charge in [-0.2, -0.15) is 0 Å². The molecule has 0 bridgehead atoms. The van der Waals surface area contributed by atoms with Crippen molar-refractivity contribution >= 4 is 44.6 Å². The van der Waals surface area contributed by atoms with E-state index in [2.05, 4.69) is 39.2 Å². The van der Waals surface area contributed by atoms with Crippen LogP contribution in [0.5, 0.6) is 0 Å². The summed E-state index contributed by atoms with van der Waals surface area (Å²) in [4.78, 5) is 5.30. The van der Waals surface area contributed by atoms with Gasteiger partial charge in [-0.3, -0.25) is 0 Å². The third kappa shape index (κ3) is 2.97. The molecule has 0 aliphatic rings. The summed E-state index contributed by atoms with van der Waals surface area (Å²) in [6.45, 7) is 2.90. The molecule has 1 N–H and O–H groups in total. The molecule has 0 saturated carbocycles. The van der Waals surface area contributed by atoms with Gasteiger partial charge in [0, 0.05) is 11.4 Å². The average Bonchev–Trinajstić information content (AvgIpc) is 2.58. The number of hydrogen-bond donors (Lipinski definition) is 1. The maximum Gasteiger partial charge on any atom is 0.129 e. The molecular formula is C11H10BrClN2S. The molecule has 0 unspecified atom stereocenters. The van der Waals surface area contributed by atoms with E-state index in [4.69, 9.17) is 11.6 Å². The normalized spacial score (nSPS) is 10.4. The molecule has 5 heteroatoms. The molecule has 2 nitrogen and oxygen atoms in total. The first kappa shape index (κ1) is 11.9. The van der Waals surface area contributed by atoms with E-state index < -0.39 is 0 Å². The molecule has 0 fully saturated rings. The van der Waals surface area contributed by atoms with Gasteiger partial charge in [-0.1, -0.05) is 11.6 Å². The second-order valence-electron chi connectivity index (χ2n) is 3.39. The van der Waals surface area contributed by atoms with E-state index in [-0.39, 0.29) is 0 Å². The molecule has 0 atom stereocenters. The minimum absolute atomic E-state index is 0.514. The Bertz CT molecular complexity index is 462. The van der Waals surface area contributed by atoms with Gasteiger partial charge >= 0.3 is 0 Å². The summed E-state index contributed by atoms with van der Waals surface area (Å²) < 4.78 is 1.19. The number of aromatic nitrogens is 1. The van der Waals surface area contributed by atoms with Gasteiger partial charge in [-0.15, -0.1) is 11.3 Å².